The van der Waals surface area contributed by atoms with Gasteiger partial charge in [-0.15, -0.1) is 12.4 Å². The Morgan fingerprint density at radius 2 is 1.79 bits per heavy atom. The molecular weight excluding hydrogens is 322 g/mol. The quantitative estimate of drug-likeness (QED) is 0.832. The monoisotopic (exact) mass is 347 g/mol. The largest absolute Gasteiger partial charge is 0.497 e. The van der Waals surface area contributed by atoms with Crippen LogP contribution in [0.2, 0.25) is 0 Å². The molecule has 0 bridgehead atoms. The van der Waals surface area contributed by atoms with Gasteiger partial charge in [0.1, 0.15) is 5.75 Å². The van der Waals surface area contributed by atoms with Gasteiger partial charge in [-0.05, 0) is 48.9 Å². The molecule has 2 aromatic rings. The maximum Gasteiger partial charge on any atom is 0.118 e. The highest BCUT2D eigenvalue weighted by molar-refractivity contribution is 5.85. The van der Waals surface area contributed by atoms with E-state index in [0.717, 1.165) is 37.0 Å². The molecule has 3 atom stereocenters. The molecule has 0 spiro atoms. The lowest BCUT2D eigenvalue weighted by Crippen LogP contribution is -2.34. The molecule has 3 rings (SSSR count). The van der Waals surface area contributed by atoms with Crippen LogP contribution >= 0.6 is 12.4 Å². The average Bonchev–Trinajstić information content (AvgIpc) is 3.09. The molecule has 0 aromatic heterocycles. The van der Waals surface area contributed by atoms with Gasteiger partial charge in [0.25, 0.3) is 0 Å². The third kappa shape index (κ3) is 4.73. The SMILES string of the molecule is COc1ccc(CCC2CCC(C(O)c3ccccc3)N2)cc1.Cl. The predicted octanol–water partition coefficient (Wildman–Crippen LogP) is 3.90. The minimum absolute atomic E-state index is 0. The second-order valence-electron chi connectivity index (χ2n) is 6.29. The number of hydrogen-bond donors (Lipinski definition) is 2. The number of rotatable bonds is 6. The Labute approximate surface area is 150 Å². The van der Waals surface area contributed by atoms with Gasteiger partial charge in [-0.2, -0.15) is 0 Å². The molecule has 4 heteroatoms. The summed E-state index contributed by atoms with van der Waals surface area (Å²) in [4.78, 5) is 0. The molecule has 2 N–H and O–H groups in total. The van der Waals surface area contributed by atoms with Crippen LogP contribution in [-0.2, 0) is 6.42 Å². The summed E-state index contributed by atoms with van der Waals surface area (Å²) in [5.41, 5.74) is 2.33. The molecule has 1 aliphatic rings. The summed E-state index contributed by atoms with van der Waals surface area (Å²) in [5.74, 6) is 0.902. The van der Waals surface area contributed by atoms with Crippen molar-refractivity contribution < 1.29 is 9.84 Å². The lowest BCUT2D eigenvalue weighted by molar-refractivity contribution is 0.135. The number of benzene rings is 2. The van der Waals surface area contributed by atoms with Crippen molar-refractivity contribution in [1.29, 1.82) is 0 Å². The molecule has 1 heterocycles. The van der Waals surface area contributed by atoms with E-state index >= 15 is 0 Å². The van der Waals surface area contributed by atoms with E-state index in [0.29, 0.717) is 6.04 Å². The molecule has 0 aliphatic carbocycles. The van der Waals surface area contributed by atoms with Crippen molar-refractivity contribution in [3.63, 3.8) is 0 Å². The van der Waals surface area contributed by atoms with Crippen molar-refractivity contribution in [1.82, 2.24) is 5.32 Å². The Hall–Kier alpha value is -1.55. The molecule has 0 radical (unpaired) electrons. The summed E-state index contributed by atoms with van der Waals surface area (Å²) in [6, 6.07) is 18.9. The smallest absolute Gasteiger partial charge is 0.118 e. The zero-order valence-corrected chi connectivity index (χ0v) is 14.8. The number of ether oxygens (including phenoxy) is 1. The van der Waals surface area contributed by atoms with E-state index < -0.39 is 6.10 Å². The third-order valence-corrected chi connectivity index (χ3v) is 4.74. The molecule has 1 fully saturated rings. The summed E-state index contributed by atoms with van der Waals surface area (Å²) < 4.78 is 5.19. The van der Waals surface area contributed by atoms with Crippen molar-refractivity contribution in [3.8, 4) is 5.75 Å². The van der Waals surface area contributed by atoms with Gasteiger partial charge in [0, 0.05) is 12.1 Å². The van der Waals surface area contributed by atoms with Crippen molar-refractivity contribution in [2.75, 3.05) is 7.11 Å². The molecule has 130 valence electrons. The molecule has 24 heavy (non-hydrogen) atoms. The lowest BCUT2D eigenvalue weighted by Gasteiger charge is -2.20. The zero-order chi connectivity index (χ0) is 16.1. The van der Waals surface area contributed by atoms with E-state index in [9.17, 15) is 5.11 Å². The van der Waals surface area contributed by atoms with Crippen LogP contribution in [0.25, 0.3) is 0 Å². The Morgan fingerprint density at radius 3 is 2.46 bits per heavy atom. The number of hydrogen-bond acceptors (Lipinski definition) is 3. The van der Waals surface area contributed by atoms with Gasteiger partial charge in [-0.3, -0.25) is 0 Å². The maximum absolute atomic E-state index is 10.5. The zero-order valence-electron chi connectivity index (χ0n) is 14.0. The van der Waals surface area contributed by atoms with Crippen LogP contribution in [0.15, 0.2) is 54.6 Å². The normalized spacial score (nSPS) is 21.1. The second kappa shape index (κ2) is 9.07. The van der Waals surface area contributed by atoms with Crippen LogP contribution in [-0.4, -0.2) is 24.3 Å². The van der Waals surface area contributed by atoms with Gasteiger partial charge >= 0.3 is 0 Å². The molecule has 3 unspecified atom stereocenters. The van der Waals surface area contributed by atoms with Gasteiger partial charge in [0.05, 0.1) is 13.2 Å². The summed E-state index contributed by atoms with van der Waals surface area (Å²) in [6.07, 6.45) is 3.90. The number of aliphatic hydroxyl groups is 1. The van der Waals surface area contributed by atoms with Crippen LogP contribution in [0.1, 0.15) is 36.5 Å². The van der Waals surface area contributed by atoms with Gasteiger partial charge < -0.3 is 15.2 Å². The first-order chi connectivity index (χ1) is 11.3. The standard InChI is InChI=1S/C20H25NO2.ClH/c1-23-18-12-8-15(9-13-18)7-10-17-11-14-19(21-17)20(22)16-5-3-2-4-6-16;/h2-6,8-9,12-13,17,19-22H,7,10-11,14H2,1H3;1H. The van der Waals surface area contributed by atoms with Gasteiger partial charge in [0.2, 0.25) is 0 Å². The second-order valence-corrected chi connectivity index (χ2v) is 6.29. The number of aryl methyl sites for hydroxylation is 1. The summed E-state index contributed by atoms with van der Waals surface area (Å²) in [5, 5.41) is 14.1. The predicted molar refractivity (Wildman–Crippen MR) is 99.9 cm³/mol. The van der Waals surface area contributed by atoms with E-state index in [-0.39, 0.29) is 18.4 Å². The Balaban J connectivity index is 0.00000208. The maximum atomic E-state index is 10.5. The van der Waals surface area contributed by atoms with Crippen molar-refractivity contribution >= 4 is 12.4 Å². The van der Waals surface area contributed by atoms with Crippen LogP contribution in [0, 0.1) is 0 Å². The highest BCUT2D eigenvalue weighted by Crippen LogP contribution is 2.27. The average molecular weight is 348 g/mol. The van der Waals surface area contributed by atoms with Crippen molar-refractivity contribution in [2.24, 2.45) is 0 Å². The molecule has 3 nitrogen and oxygen atoms in total. The van der Waals surface area contributed by atoms with Crippen LogP contribution in [0.4, 0.5) is 0 Å². The van der Waals surface area contributed by atoms with Gasteiger partial charge in [-0.1, -0.05) is 42.5 Å². The van der Waals surface area contributed by atoms with E-state index in [1.165, 1.54) is 5.56 Å². The van der Waals surface area contributed by atoms with Gasteiger partial charge in [0.15, 0.2) is 0 Å². The molecule has 0 amide bonds. The topological polar surface area (TPSA) is 41.5 Å². The Kier molecular flexibility index (Phi) is 7.10. The highest BCUT2D eigenvalue weighted by atomic mass is 35.5. The number of aliphatic hydroxyl groups excluding tert-OH is 1. The molecule has 1 aliphatic heterocycles. The minimum Gasteiger partial charge on any atom is -0.497 e. The molecule has 2 aromatic carbocycles. The summed E-state index contributed by atoms with van der Waals surface area (Å²) in [7, 11) is 1.69. The number of halogens is 1. The van der Waals surface area contributed by atoms with E-state index in [4.69, 9.17) is 4.74 Å². The first-order valence-corrected chi connectivity index (χ1v) is 8.38. The van der Waals surface area contributed by atoms with Gasteiger partial charge in [-0.25, -0.2) is 0 Å². The van der Waals surface area contributed by atoms with E-state index in [1.54, 1.807) is 7.11 Å². The van der Waals surface area contributed by atoms with Crippen LogP contribution < -0.4 is 10.1 Å². The third-order valence-electron chi connectivity index (χ3n) is 4.74. The minimum atomic E-state index is -0.415. The first-order valence-electron chi connectivity index (χ1n) is 8.38. The van der Waals surface area contributed by atoms with Crippen molar-refractivity contribution in [2.45, 2.75) is 43.9 Å². The molecule has 0 saturated carbocycles. The number of nitrogens with one attached hydrogen (secondary N) is 1. The fourth-order valence-corrected chi connectivity index (χ4v) is 3.34. The summed E-state index contributed by atoms with van der Waals surface area (Å²) >= 11 is 0. The summed E-state index contributed by atoms with van der Waals surface area (Å²) in [6.45, 7) is 0. The lowest BCUT2D eigenvalue weighted by atomic mass is 10.0. The highest BCUT2D eigenvalue weighted by Gasteiger charge is 2.29. The van der Waals surface area contributed by atoms with E-state index in [2.05, 4.69) is 17.4 Å². The Morgan fingerprint density at radius 1 is 1.08 bits per heavy atom. The van der Waals surface area contributed by atoms with E-state index in [1.807, 2.05) is 42.5 Å². The molecule has 1 saturated heterocycles. The number of methoxy groups -OCH3 is 1. The van der Waals surface area contributed by atoms with Crippen LogP contribution in [0.3, 0.4) is 0 Å². The van der Waals surface area contributed by atoms with Crippen molar-refractivity contribution in [3.05, 3.63) is 65.7 Å². The fraction of sp³-hybridized carbons (Fsp3) is 0.400. The Bertz CT molecular complexity index is 603. The van der Waals surface area contributed by atoms with Crippen LogP contribution in [0.5, 0.6) is 5.75 Å². The fourth-order valence-electron chi connectivity index (χ4n) is 3.34. The molecular formula is C20H26ClNO2. The first kappa shape index (κ1) is 18.8.